The number of ether oxygens (including phenoxy) is 1. The molecule has 5 nitrogen and oxygen atoms in total. The molecule has 0 N–H and O–H groups in total. The number of anilines is 5. The summed E-state index contributed by atoms with van der Waals surface area (Å²) in [6.45, 7) is 6.00. The zero-order valence-electron chi connectivity index (χ0n) is 29.3. The van der Waals surface area contributed by atoms with E-state index >= 15 is 13.2 Å². The first-order valence-electron chi connectivity index (χ1n) is 16.6. The molecule has 0 aliphatic carbocycles. The van der Waals surface area contributed by atoms with Crippen LogP contribution in [-0.2, 0) is 20.4 Å². The van der Waals surface area contributed by atoms with E-state index in [1.165, 1.54) is 6.20 Å². The van der Waals surface area contributed by atoms with Crippen LogP contribution in [0, 0.1) is 50.4 Å². The van der Waals surface area contributed by atoms with E-state index in [9.17, 15) is 0 Å². The largest absolute Gasteiger partial charge is 2.00 e. The summed E-state index contributed by atoms with van der Waals surface area (Å²) in [5.74, 6) is -4.63. The first kappa shape index (κ1) is 37.0. The van der Waals surface area contributed by atoms with Crippen molar-refractivity contribution in [1.29, 1.82) is 0 Å². The molecule has 7 rings (SSSR count). The van der Waals surface area contributed by atoms with Crippen molar-refractivity contribution in [1.82, 2.24) is 9.97 Å². The maximum Gasteiger partial charge on any atom is 2.00 e. The summed E-state index contributed by atoms with van der Waals surface area (Å²) in [4.78, 5) is 12.6. The van der Waals surface area contributed by atoms with Gasteiger partial charge >= 0.3 is 20.4 Å². The number of rotatable bonds is 9. The predicted octanol–water partition coefficient (Wildman–Crippen LogP) is 11.8. The number of para-hydroxylation sites is 2. The van der Waals surface area contributed by atoms with Crippen molar-refractivity contribution in [2.75, 3.05) is 16.8 Å². The SMILES string of the molecule is Cc1cc(C)c(-c2ccnc(-c3[c-]c(Oc4[c-]c(N(C)c5ccccn5)cc(N(c5ccccc5)c5ccccc5)c4)c(F)c(F)c3F)c2)c(C)c1.[Pd+2]. The molecule has 0 saturated carbocycles. The van der Waals surface area contributed by atoms with Gasteiger partial charge in [0.2, 0.25) is 0 Å². The fourth-order valence-corrected chi connectivity index (χ4v) is 6.40. The number of hydrogen-bond donors (Lipinski definition) is 0. The second kappa shape index (κ2) is 15.9. The first-order chi connectivity index (χ1) is 25.2. The van der Waals surface area contributed by atoms with Gasteiger partial charge in [-0.1, -0.05) is 89.2 Å². The van der Waals surface area contributed by atoms with Gasteiger partial charge in [0, 0.05) is 36.6 Å². The Bertz CT molecular complexity index is 2320. The zero-order valence-corrected chi connectivity index (χ0v) is 30.8. The average molecular weight is 797 g/mol. The Morgan fingerprint density at radius 1 is 0.623 bits per heavy atom. The van der Waals surface area contributed by atoms with Crippen molar-refractivity contribution >= 4 is 28.6 Å². The Balaban J connectivity index is 0.00000481. The van der Waals surface area contributed by atoms with E-state index in [0.717, 1.165) is 39.2 Å². The molecule has 0 unspecified atom stereocenters. The Labute approximate surface area is 321 Å². The molecule has 0 atom stereocenters. The maximum atomic E-state index is 15.6. The summed E-state index contributed by atoms with van der Waals surface area (Å²) in [5.41, 5.74) is 7.41. The number of nitrogens with zero attached hydrogens (tertiary/aromatic N) is 4. The topological polar surface area (TPSA) is 41.5 Å². The second-order valence-electron chi connectivity index (χ2n) is 12.4. The molecule has 2 aromatic heterocycles. The summed E-state index contributed by atoms with van der Waals surface area (Å²) in [7, 11) is 1.82. The molecule has 2 heterocycles. The Morgan fingerprint density at radius 3 is 1.89 bits per heavy atom. The minimum absolute atomic E-state index is 0. The number of hydrogen-bond acceptors (Lipinski definition) is 5. The summed E-state index contributed by atoms with van der Waals surface area (Å²) in [5, 5.41) is 0. The third-order valence-corrected chi connectivity index (χ3v) is 8.69. The summed E-state index contributed by atoms with van der Waals surface area (Å²) in [6, 6.07) is 41.8. The first-order valence-corrected chi connectivity index (χ1v) is 16.6. The Hall–Kier alpha value is -5.75. The second-order valence-corrected chi connectivity index (χ2v) is 12.4. The van der Waals surface area contributed by atoms with Crippen LogP contribution in [0.3, 0.4) is 0 Å². The third-order valence-electron chi connectivity index (χ3n) is 8.69. The molecule has 0 saturated heterocycles. The molecule has 0 aliphatic heterocycles. The van der Waals surface area contributed by atoms with E-state index in [4.69, 9.17) is 4.74 Å². The van der Waals surface area contributed by atoms with E-state index < -0.39 is 23.2 Å². The zero-order chi connectivity index (χ0) is 36.4. The normalized spacial score (nSPS) is 10.8. The van der Waals surface area contributed by atoms with Gasteiger partial charge in [0.15, 0.2) is 0 Å². The van der Waals surface area contributed by atoms with Crippen molar-refractivity contribution in [3.05, 3.63) is 174 Å². The van der Waals surface area contributed by atoms with Gasteiger partial charge in [-0.05, 0) is 91.2 Å². The monoisotopic (exact) mass is 796 g/mol. The third kappa shape index (κ3) is 7.73. The van der Waals surface area contributed by atoms with Gasteiger partial charge in [-0.15, -0.1) is 18.2 Å². The van der Waals surface area contributed by atoms with E-state index in [0.29, 0.717) is 17.2 Å². The fraction of sp³-hybridized carbons (Fsp3) is 0.0909. The van der Waals surface area contributed by atoms with Gasteiger partial charge in [0.25, 0.3) is 0 Å². The molecule has 0 amide bonds. The van der Waals surface area contributed by atoms with Crippen LogP contribution in [0.1, 0.15) is 16.7 Å². The van der Waals surface area contributed by atoms with E-state index in [2.05, 4.69) is 34.2 Å². The number of aryl methyl sites for hydroxylation is 3. The standard InChI is InChI=1S/C44H33F3N4O.Pd/c1-28-21-29(2)41(30(3)22-28)31-18-20-48-38(23-31)37-27-39(43(46)44(47)42(37)45)52-36-25-34(50(4)40-17-11-12-19-49-40)24-35(26-36)51(32-13-7-5-8-14-32)33-15-9-6-10-16-33;/h5-24,26H,1-4H3;/q-2;+2. The molecule has 7 aromatic rings. The van der Waals surface area contributed by atoms with Crippen LogP contribution in [0.4, 0.5) is 41.7 Å². The maximum absolute atomic E-state index is 15.6. The number of benzene rings is 5. The molecular formula is C44H33F3N4OPd. The van der Waals surface area contributed by atoms with E-state index in [1.54, 1.807) is 29.3 Å². The van der Waals surface area contributed by atoms with Crippen molar-refractivity contribution in [3.63, 3.8) is 0 Å². The average Bonchev–Trinajstić information content (AvgIpc) is 3.16. The van der Waals surface area contributed by atoms with Gasteiger partial charge in [0.1, 0.15) is 17.5 Å². The van der Waals surface area contributed by atoms with Crippen molar-refractivity contribution < 1.29 is 38.3 Å². The van der Waals surface area contributed by atoms with Crippen LogP contribution in [0.25, 0.3) is 22.4 Å². The quantitative estimate of drug-likeness (QED) is 0.0827. The summed E-state index contributed by atoms with van der Waals surface area (Å²) in [6.07, 6.45) is 3.18. The van der Waals surface area contributed by atoms with E-state index in [-0.39, 0.29) is 37.4 Å². The fourth-order valence-electron chi connectivity index (χ4n) is 6.40. The summed E-state index contributed by atoms with van der Waals surface area (Å²) >= 11 is 0. The minimum Gasteiger partial charge on any atom is -0.500 e. The molecule has 9 heteroatoms. The van der Waals surface area contributed by atoms with Crippen LogP contribution >= 0.6 is 0 Å². The molecule has 5 aromatic carbocycles. The molecule has 0 aliphatic rings. The van der Waals surface area contributed by atoms with Gasteiger partial charge in [-0.25, -0.2) is 9.37 Å². The Kier molecular flexibility index (Phi) is 11.1. The van der Waals surface area contributed by atoms with Crippen LogP contribution < -0.4 is 14.5 Å². The molecule has 0 radical (unpaired) electrons. The molecule has 0 fully saturated rings. The molecule has 0 spiro atoms. The van der Waals surface area contributed by atoms with Gasteiger partial charge in [-0.2, -0.15) is 0 Å². The van der Waals surface area contributed by atoms with Crippen molar-refractivity contribution in [2.45, 2.75) is 20.8 Å². The predicted molar refractivity (Wildman–Crippen MR) is 200 cm³/mol. The molecule has 266 valence electrons. The van der Waals surface area contributed by atoms with Gasteiger partial charge < -0.3 is 19.5 Å². The molecular weight excluding hydrogens is 764 g/mol. The van der Waals surface area contributed by atoms with Gasteiger partial charge in [-0.3, -0.25) is 8.78 Å². The minimum atomic E-state index is -1.70. The van der Waals surface area contributed by atoms with Crippen molar-refractivity contribution in [2.24, 2.45) is 0 Å². The summed E-state index contributed by atoms with van der Waals surface area (Å²) < 4.78 is 52.6. The number of pyridine rings is 2. The van der Waals surface area contributed by atoms with E-state index in [1.807, 2.05) is 118 Å². The van der Waals surface area contributed by atoms with Crippen LogP contribution in [0.15, 0.2) is 128 Å². The molecule has 53 heavy (non-hydrogen) atoms. The van der Waals surface area contributed by atoms with Crippen LogP contribution in [0.5, 0.6) is 11.5 Å². The Morgan fingerprint density at radius 2 is 1.26 bits per heavy atom. The van der Waals surface area contributed by atoms with Crippen LogP contribution in [0.2, 0.25) is 0 Å². The van der Waals surface area contributed by atoms with Crippen LogP contribution in [-0.4, -0.2) is 17.0 Å². The number of halogens is 3. The smallest absolute Gasteiger partial charge is 0.500 e. The number of aromatic nitrogens is 2. The van der Waals surface area contributed by atoms with Gasteiger partial charge in [0.05, 0.1) is 11.6 Å². The van der Waals surface area contributed by atoms with Crippen molar-refractivity contribution in [3.8, 4) is 33.9 Å². The molecule has 0 bridgehead atoms.